The lowest BCUT2D eigenvalue weighted by Gasteiger charge is -2.20. The highest BCUT2D eigenvalue weighted by Crippen LogP contribution is 2.37. The number of aryl methyl sites for hydroxylation is 2. The van der Waals surface area contributed by atoms with Gasteiger partial charge in [-0.25, -0.2) is 4.98 Å². The first-order chi connectivity index (χ1) is 14.1. The number of rotatable bonds is 5. The molecule has 2 amide bonds. The van der Waals surface area contributed by atoms with Crippen LogP contribution in [0.2, 0.25) is 0 Å². The van der Waals surface area contributed by atoms with Gasteiger partial charge < -0.3 is 5.32 Å². The van der Waals surface area contributed by atoms with Crippen molar-refractivity contribution >= 4 is 28.3 Å². The number of amides is 2. The van der Waals surface area contributed by atoms with Crippen LogP contribution in [0.25, 0.3) is 0 Å². The maximum atomic E-state index is 12.8. The van der Waals surface area contributed by atoms with E-state index >= 15 is 0 Å². The van der Waals surface area contributed by atoms with Gasteiger partial charge in [0.25, 0.3) is 5.91 Å². The second-order valence-electron chi connectivity index (χ2n) is 7.13. The molecular formula is C22H22N4O2S. The number of carbonyl (C=O) groups is 2. The first-order valence-electron chi connectivity index (χ1n) is 9.65. The van der Waals surface area contributed by atoms with E-state index in [4.69, 9.17) is 0 Å². The molecule has 0 aliphatic heterocycles. The maximum absolute atomic E-state index is 12.8. The Hall–Kier alpha value is -3.06. The summed E-state index contributed by atoms with van der Waals surface area (Å²) in [4.78, 5) is 35.2. The van der Waals surface area contributed by atoms with Crippen molar-refractivity contribution in [1.29, 1.82) is 0 Å². The number of anilines is 1. The molecule has 0 saturated carbocycles. The quantitative estimate of drug-likeness (QED) is 0.674. The smallest absolute Gasteiger partial charge is 0.257 e. The topological polar surface area (TPSA) is 84.0 Å². The minimum absolute atomic E-state index is 0.0432. The predicted octanol–water partition coefficient (Wildman–Crippen LogP) is 3.84. The average molecular weight is 407 g/mol. The summed E-state index contributed by atoms with van der Waals surface area (Å²) >= 11 is 1.46. The Balaban J connectivity index is 1.45. The van der Waals surface area contributed by atoms with Crippen molar-refractivity contribution in [1.82, 2.24) is 15.3 Å². The van der Waals surface area contributed by atoms with E-state index in [9.17, 15) is 9.59 Å². The van der Waals surface area contributed by atoms with E-state index in [-0.39, 0.29) is 17.7 Å². The Morgan fingerprint density at radius 2 is 2.00 bits per heavy atom. The highest BCUT2D eigenvalue weighted by atomic mass is 32.1. The molecule has 7 heteroatoms. The first kappa shape index (κ1) is 19.3. The second kappa shape index (κ2) is 8.53. The number of hydrogen-bond acceptors (Lipinski definition) is 5. The Morgan fingerprint density at radius 3 is 2.76 bits per heavy atom. The van der Waals surface area contributed by atoms with Gasteiger partial charge in [0, 0.05) is 16.6 Å². The largest absolute Gasteiger partial charge is 0.350 e. The van der Waals surface area contributed by atoms with Gasteiger partial charge in [0.15, 0.2) is 5.13 Å². The number of nitrogens with one attached hydrogen (secondary N) is 2. The van der Waals surface area contributed by atoms with Gasteiger partial charge in [0.2, 0.25) is 5.91 Å². The van der Waals surface area contributed by atoms with E-state index in [1.165, 1.54) is 11.3 Å². The van der Waals surface area contributed by atoms with Crippen molar-refractivity contribution in [2.45, 2.75) is 38.6 Å². The highest BCUT2D eigenvalue weighted by Gasteiger charge is 2.30. The van der Waals surface area contributed by atoms with Gasteiger partial charge in [-0.1, -0.05) is 23.8 Å². The molecule has 0 bridgehead atoms. The van der Waals surface area contributed by atoms with Crippen LogP contribution in [0, 0.1) is 6.92 Å². The van der Waals surface area contributed by atoms with Crippen molar-refractivity contribution in [2.75, 3.05) is 5.32 Å². The molecule has 0 spiro atoms. The fourth-order valence-corrected chi connectivity index (χ4v) is 4.46. The third-order valence-corrected chi connectivity index (χ3v) is 6.02. The molecule has 1 aliphatic carbocycles. The fourth-order valence-electron chi connectivity index (χ4n) is 3.40. The van der Waals surface area contributed by atoms with Crippen molar-refractivity contribution in [3.05, 3.63) is 76.1 Å². The van der Waals surface area contributed by atoms with Gasteiger partial charge in [-0.2, -0.15) is 0 Å². The van der Waals surface area contributed by atoms with Gasteiger partial charge in [0.1, 0.15) is 0 Å². The van der Waals surface area contributed by atoms with Crippen LogP contribution in [0.3, 0.4) is 0 Å². The molecule has 0 fully saturated rings. The van der Waals surface area contributed by atoms with Gasteiger partial charge in [-0.3, -0.25) is 19.9 Å². The zero-order valence-corrected chi connectivity index (χ0v) is 17.0. The molecule has 4 rings (SSSR count). The highest BCUT2D eigenvalue weighted by molar-refractivity contribution is 7.16. The predicted molar refractivity (Wildman–Crippen MR) is 113 cm³/mol. The molecule has 0 saturated heterocycles. The SMILES string of the molecule is Cc1ccc(C(=O)Nc2nc3c(s2)CCCC3C(=O)NCc2ccccn2)cc1. The second-order valence-corrected chi connectivity index (χ2v) is 8.21. The lowest BCUT2D eigenvalue weighted by Crippen LogP contribution is -2.31. The molecule has 2 heterocycles. The zero-order chi connectivity index (χ0) is 20.2. The number of pyridine rings is 1. The first-order valence-corrected chi connectivity index (χ1v) is 10.5. The van der Waals surface area contributed by atoms with Crippen molar-refractivity contribution in [2.24, 2.45) is 0 Å². The Bertz CT molecular complexity index is 1020. The van der Waals surface area contributed by atoms with Crippen LogP contribution in [0.15, 0.2) is 48.7 Å². The molecular weight excluding hydrogens is 384 g/mol. The summed E-state index contributed by atoms with van der Waals surface area (Å²) in [5.74, 6) is -0.519. The summed E-state index contributed by atoms with van der Waals surface area (Å²) in [6.07, 6.45) is 4.29. The van der Waals surface area contributed by atoms with Crippen LogP contribution in [0.5, 0.6) is 0 Å². The molecule has 1 unspecified atom stereocenters. The molecule has 1 atom stereocenters. The molecule has 29 heavy (non-hydrogen) atoms. The third-order valence-electron chi connectivity index (χ3n) is 4.97. The lowest BCUT2D eigenvalue weighted by molar-refractivity contribution is -0.123. The van der Waals surface area contributed by atoms with Crippen molar-refractivity contribution < 1.29 is 9.59 Å². The Kier molecular flexibility index (Phi) is 5.67. The monoisotopic (exact) mass is 406 g/mol. The van der Waals surface area contributed by atoms with Crippen LogP contribution < -0.4 is 10.6 Å². The molecule has 1 aromatic carbocycles. The molecule has 6 nitrogen and oxygen atoms in total. The van der Waals surface area contributed by atoms with Crippen LogP contribution in [0.4, 0.5) is 5.13 Å². The summed E-state index contributed by atoms with van der Waals surface area (Å²) in [6.45, 7) is 2.38. The number of nitrogens with zero attached hydrogens (tertiary/aromatic N) is 2. The van der Waals surface area contributed by atoms with Crippen molar-refractivity contribution in [3.63, 3.8) is 0 Å². The lowest BCUT2D eigenvalue weighted by atomic mass is 9.90. The number of carbonyl (C=O) groups excluding carboxylic acids is 2. The zero-order valence-electron chi connectivity index (χ0n) is 16.1. The summed E-state index contributed by atoms with van der Waals surface area (Å²) in [7, 11) is 0. The van der Waals surface area contributed by atoms with Gasteiger partial charge in [0.05, 0.1) is 23.9 Å². The number of fused-ring (bicyclic) bond motifs is 1. The van der Waals surface area contributed by atoms with E-state index in [0.717, 1.165) is 41.1 Å². The number of thiazole rings is 1. The van der Waals surface area contributed by atoms with Gasteiger partial charge in [-0.15, -0.1) is 11.3 Å². The summed E-state index contributed by atoms with van der Waals surface area (Å²) in [5.41, 5.74) is 3.31. The van der Waals surface area contributed by atoms with E-state index in [2.05, 4.69) is 20.6 Å². The minimum Gasteiger partial charge on any atom is -0.350 e. The number of aromatic nitrogens is 2. The van der Waals surface area contributed by atoms with E-state index < -0.39 is 0 Å². The molecule has 1 aliphatic rings. The molecule has 148 valence electrons. The average Bonchev–Trinajstić information content (AvgIpc) is 3.15. The van der Waals surface area contributed by atoms with Crippen LogP contribution in [-0.2, 0) is 17.8 Å². The van der Waals surface area contributed by atoms with Crippen LogP contribution >= 0.6 is 11.3 Å². The Labute approximate surface area is 173 Å². The van der Waals surface area contributed by atoms with E-state index in [1.807, 2.05) is 37.3 Å². The fraction of sp³-hybridized carbons (Fsp3) is 0.273. The van der Waals surface area contributed by atoms with E-state index in [1.54, 1.807) is 18.3 Å². The summed E-state index contributed by atoms with van der Waals surface area (Å²) in [5, 5.41) is 6.39. The molecule has 2 N–H and O–H groups in total. The number of hydrogen-bond donors (Lipinski definition) is 2. The Morgan fingerprint density at radius 1 is 1.17 bits per heavy atom. The maximum Gasteiger partial charge on any atom is 0.257 e. The van der Waals surface area contributed by atoms with Gasteiger partial charge in [-0.05, 0) is 50.5 Å². The minimum atomic E-state index is -0.288. The molecule has 0 radical (unpaired) electrons. The number of benzene rings is 1. The van der Waals surface area contributed by atoms with Crippen molar-refractivity contribution in [3.8, 4) is 0 Å². The standard InChI is InChI=1S/C22H22N4O2S/c1-14-8-10-15(11-9-14)20(27)26-22-25-19-17(6-4-7-18(19)29-22)21(28)24-13-16-5-2-3-12-23-16/h2-3,5,8-12,17H,4,6-7,13H2,1H3,(H,24,28)(H,25,26,27). The third kappa shape index (κ3) is 4.51. The van der Waals surface area contributed by atoms with Gasteiger partial charge >= 0.3 is 0 Å². The van der Waals surface area contributed by atoms with Crippen LogP contribution in [0.1, 0.15) is 50.9 Å². The normalized spacial score (nSPS) is 15.4. The van der Waals surface area contributed by atoms with Crippen LogP contribution in [-0.4, -0.2) is 21.8 Å². The summed E-state index contributed by atoms with van der Waals surface area (Å²) < 4.78 is 0. The molecule has 2 aromatic heterocycles. The molecule has 3 aromatic rings. The van der Waals surface area contributed by atoms with E-state index in [0.29, 0.717) is 17.2 Å². The summed E-state index contributed by atoms with van der Waals surface area (Å²) in [6, 6.07) is 13.0.